The first-order valence-electron chi connectivity index (χ1n) is 3.51. The average molecular weight is 170 g/mol. The number of amides is 1. The Kier molecular flexibility index (Phi) is 2.04. The second-order valence-electron chi connectivity index (χ2n) is 3.01. The van der Waals surface area contributed by atoms with E-state index in [9.17, 15) is 4.79 Å². The second-order valence-corrected chi connectivity index (χ2v) is 3.01. The molecule has 1 rings (SSSR count). The fourth-order valence-electron chi connectivity index (χ4n) is 1.06. The van der Waals surface area contributed by atoms with E-state index in [1.807, 2.05) is 0 Å². The van der Waals surface area contributed by atoms with Crippen molar-refractivity contribution in [1.82, 2.24) is 0 Å². The second kappa shape index (κ2) is 2.73. The number of hydrogen-bond donors (Lipinski definition) is 1. The van der Waals surface area contributed by atoms with Crippen LogP contribution in [0, 0.1) is 11.3 Å². The Morgan fingerprint density at radius 2 is 2.17 bits per heavy atom. The van der Waals surface area contributed by atoms with Crippen LogP contribution in [0.5, 0.6) is 0 Å². The van der Waals surface area contributed by atoms with E-state index in [0.717, 1.165) is 0 Å². The zero-order chi connectivity index (χ0) is 9.35. The molecular formula is C7H10N2O3. The molecule has 2 N–H and O–H groups in total. The maximum atomic E-state index is 10.7. The molecule has 66 valence electrons. The molecule has 2 atom stereocenters. The van der Waals surface area contributed by atoms with Gasteiger partial charge in [-0.2, -0.15) is 5.26 Å². The lowest BCUT2D eigenvalue weighted by Crippen LogP contribution is -2.36. The van der Waals surface area contributed by atoms with Gasteiger partial charge in [0.1, 0.15) is 0 Å². The summed E-state index contributed by atoms with van der Waals surface area (Å²) in [5.41, 5.74) is 4.99. The zero-order valence-corrected chi connectivity index (χ0v) is 6.90. The minimum atomic E-state index is -0.954. The summed E-state index contributed by atoms with van der Waals surface area (Å²) in [6.07, 6.45) is -1.84. The first kappa shape index (κ1) is 8.97. The topological polar surface area (TPSA) is 85.3 Å². The summed E-state index contributed by atoms with van der Waals surface area (Å²) in [7, 11) is 0. The molecule has 1 aliphatic heterocycles. The van der Waals surface area contributed by atoms with E-state index in [-0.39, 0.29) is 0 Å². The number of nitrogens with two attached hydrogens (primary N) is 1. The summed E-state index contributed by atoms with van der Waals surface area (Å²) < 4.78 is 10.2. The highest BCUT2D eigenvalue weighted by Crippen LogP contribution is 2.27. The third kappa shape index (κ3) is 1.55. The van der Waals surface area contributed by atoms with Gasteiger partial charge in [0.15, 0.2) is 18.0 Å². The Labute approximate surface area is 70.0 Å². The van der Waals surface area contributed by atoms with Gasteiger partial charge in [-0.3, -0.25) is 4.79 Å². The minimum Gasteiger partial charge on any atom is -0.367 e. The maximum Gasteiger partial charge on any atom is 0.250 e. The Hall–Kier alpha value is -1.12. The van der Waals surface area contributed by atoms with Crippen molar-refractivity contribution in [1.29, 1.82) is 5.26 Å². The zero-order valence-electron chi connectivity index (χ0n) is 6.90. The normalized spacial score (nSPS) is 32.8. The molecule has 1 amide bonds. The SMILES string of the molecule is CC1(C)O[C@@H](C#N)[C@H](C(N)=O)O1. The highest BCUT2D eigenvalue weighted by Gasteiger charge is 2.44. The van der Waals surface area contributed by atoms with Crippen LogP contribution in [0.1, 0.15) is 13.8 Å². The molecule has 0 bridgehead atoms. The summed E-state index contributed by atoms with van der Waals surface area (Å²) in [5, 5.41) is 8.55. The molecule has 0 aromatic heterocycles. The Morgan fingerprint density at radius 1 is 1.58 bits per heavy atom. The van der Waals surface area contributed by atoms with Gasteiger partial charge in [-0.15, -0.1) is 0 Å². The highest BCUT2D eigenvalue weighted by molar-refractivity contribution is 5.80. The van der Waals surface area contributed by atoms with E-state index >= 15 is 0 Å². The molecule has 0 spiro atoms. The summed E-state index contributed by atoms with van der Waals surface area (Å²) in [6.45, 7) is 3.25. The van der Waals surface area contributed by atoms with E-state index in [0.29, 0.717) is 0 Å². The van der Waals surface area contributed by atoms with E-state index < -0.39 is 23.9 Å². The molecule has 5 nitrogen and oxygen atoms in total. The van der Waals surface area contributed by atoms with E-state index in [1.165, 1.54) is 0 Å². The Balaban J connectivity index is 2.78. The van der Waals surface area contributed by atoms with Crippen LogP contribution in [0.4, 0.5) is 0 Å². The molecule has 0 radical (unpaired) electrons. The molecule has 1 saturated heterocycles. The monoisotopic (exact) mass is 170 g/mol. The summed E-state index contributed by atoms with van der Waals surface area (Å²) >= 11 is 0. The highest BCUT2D eigenvalue weighted by atomic mass is 16.8. The van der Waals surface area contributed by atoms with Gasteiger partial charge in [0.25, 0.3) is 5.91 Å². The van der Waals surface area contributed by atoms with Gasteiger partial charge in [0.05, 0.1) is 6.07 Å². The van der Waals surface area contributed by atoms with Crippen molar-refractivity contribution < 1.29 is 14.3 Å². The van der Waals surface area contributed by atoms with Gasteiger partial charge in [0.2, 0.25) is 0 Å². The predicted octanol–water partition coefficient (Wildman–Crippen LogP) is -0.485. The van der Waals surface area contributed by atoms with Crippen LogP contribution in [0.2, 0.25) is 0 Å². The molecule has 5 heteroatoms. The number of rotatable bonds is 1. The van der Waals surface area contributed by atoms with Gasteiger partial charge in [0, 0.05) is 0 Å². The number of carbonyl (C=O) groups excluding carboxylic acids is 1. The molecular weight excluding hydrogens is 160 g/mol. The van der Waals surface area contributed by atoms with Crippen LogP contribution < -0.4 is 5.73 Å². The molecule has 0 aliphatic carbocycles. The summed E-state index contributed by atoms with van der Waals surface area (Å²) in [5.74, 6) is -1.58. The minimum absolute atomic E-state index is 0.674. The smallest absolute Gasteiger partial charge is 0.250 e. The van der Waals surface area contributed by atoms with Crippen LogP contribution in [0.25, 0.3) is 0 Å². The standard InChI is InChI=1S/C7H10N2O3/c1-7(2)11-4(3-8)5(12-7)6(9)10/h4-5H,1-2H3,(H2,9,10)/t4-,5+/m0/s1. The van der Waals surface area contributed by atoms with Crippen molar-refractivity contribution in [2.75, 3.05) is 0 Å². The van der Waals surface area contributed by atoms with Crippen LogP contribution >= 0.6 is 0 Å². The molecule has 1 fully saturated rings. The predicted molar refractivity (Wildman–Crippen MR) is 38.6 cm³/mol. The lowest BCUT2D eigenvalue weighted by Gasteiger charge is -2.15. The van der Waals surface area contributed by atoms with Crippen molar-refractivity contribution in [3.05, 3.63) is 0 Å². The molecule has 1 aliphatic rings. The molecule has 0 aromatic carbocycles. The Morgan fingerprint density at radius 3 is 2.50 bits per heavy atom. The third-order valence-electron chi connectivity index (χ3n) is 1.50. The largest absolute Gasteiger partial charge is 0.367 e. The molecule has 12 heavy (non-hydrogen) atoms. The summed E-state index contributed by atoms with van der Waals surface area (Å²) in [4.78, 5) is 10.7. The van der Waals surface area contributed by atoms with Crippen LogP contribution in [-0.4, -0.2) is 23.9 Å². The van der Waals surface area contributed by atoms with E-state index in [2.05, 4.69) is 0 Å². The Bertz CT molecular complexity index is 244. The van der Waals surface area contributed by atoms with E-state index in [4.69, 9.17) is 20.5 Å². The van der Waals surface area contributed by atoms with Crippen LogP contribution in [-0.2, 0) is 14.3 Å². The summed E-state index contributed by atoms with van der Waals surface area (Å²) in [6, 6.07) is 1.80. The molecule has 1 heterocycles. The van der Waals surface area contributed by atoms with Crippen LogP contribution in [0.3, 0.4) is 0 Å². The number of hydrogen-bond acceptors (Lipinski definition) is 4. The van der Waals surface area contributed by atoms with Gasteiger partial charge >= 0.3 is 0 Å². The van der Waals surface area contributed by atoms with Crippen LogP contribution in [0.15, 0.2) is 0 Å². The first-order valence-corrected chi connectivity index (χ1v) is 3.51. The molecule has 0 aromatic rings. The van der Waals surface area contributed by atoms with Gasteiger partial charge in [-0.1, -0.05) is 0 Å². The number of carbonyl (C=O) groups is 1. The third-order valence-corrected chi connectivity index (χ3v) is 1.50. The van der Waals surface area contributed by atoms with Crippen molar-refractivity contribution in [3.8, 4) is 6.07 Å². The van der Waals surface area contributed by atoms with Crippen molar-refractivity contribution in [2.24, 2.45) is 5.73 Å². The maximum absolute atomic E-state index is 10.7. The molecule has 0 saturated carbocycles. The first-order chi connectivity index (χ1) is 5.46. The van der Waals surface area contributed by atoms with E-state index in [1.54, 1.807) is 19.9 Å². The number of ether oxygens (including phenoxy) is 2. The fraction of sp³-hybridized carbons (Fsp3) is 0.714. The van der Waals surface area contributed by atoms with Crippen molar-refractivity contribution in [3.63, 3.8) is 0 Å². The number of nitriles is 1. The average Bonchev–Trinajstić information content (AvgIpc) is 2.25. The fourth-order valence-corrected chi connectivity index (χ4v) is 1.06. The number of primary amides is 1. The van der Waals surface area contributed by atoms with Gasteiger partial charge < -0.3 is 15.2 Å². The van der Waals surface area contributed by atoms with Crippen molar-refractivity contribution in [2.45, 2.75) is 31.8 Å². The molecule has 0 unspecified atom stereocenters. The lowest BCUT2D eigenvalue weighted by molar-refractivity contribution is -0.152. The van der Waals surface area contributed by atoms with Gasteiger partial charge in [-0.05, 0) is 13.8 Å². The van der Waals surface area contributed by atoms with Crippen molar-refractivity contribution >= 4 is 5.91 Å². The van der Waals surface area contributed by atoms with Gasteiger partial charge in [-0.25, -0.2) is 0 Å². The lowest BCUT2D eigenvalue weighted by atomic mass is 10.2. The number of nitrogens with zero attached hydrogens (tertiary/aromatic N) is 1. The quantitative estimate of drug-likeness (QED) is 0.575.